The van der Waals surface area contributed by atoms with Crippen LogP contribution < -0.4 is 10.1 Å². The Morgan fingerprint density at radius 3 is 2.35 bits per heavy atom. The molecular weight excluding hydrogens is 326 g/mol. The molecule has 140 valence electrons. The molecule has 1 amide bonds. The van der Waals surface area contributed by atoms with E-state index in [0.717, 1.165) is 34.5 Å². The Kier molecular flexibility index (Phi) is 6.30. The summed E-state index contributed by atoms with van der Waals surface area (Å²) in [5.74, 6) is 1.11. The lowest BCUT2D eigenvalue weighted by molar-refractivity contribution is -0.116. The van der Waals surface area contributed by atoms with Gasteiger partial charge in [0.1, 0.15) is 11.5 Å². The molecule has 0 bridgehead atoms. The van der Waals surface area contributed by atoms with Crippen LogP contribution in [0.2, 0.25) is 0 Å². The Morgan fingerprint density at radius 1 is 1.15 bits per heavy atom. The number of benzene rings is 2. The van der Waals surface area contributed by atoms with E-state index in [1.807, 2.05) is 43.3 Å². The number of ether oxygens (including phenoxy) is 1. The van der Waals surface area contributed by atoms with E-state index in [4.69, 9.17) is 4.74 Å². The Hall–Kier alpha value is -2.49. The average Bonchev–Trinajstić information content (AvgIpc) is 2.60. The zero-order chi connectivity index (χ0) is 19.3. The van der Waals surface area contributed by atoms with Crippen LogP contribution in [0, 0.1) is 0 Å². The maximum absolute atomic E-state index is 12.3. The van der Waals surface area contributed by atoms with Gasteiger partial charge in [-0.1, -0.05) is 39.8 Å². The molecule has 0 saturated heterocycles. The SMILES string of the molecule is CCc1cc(CCC(=O)Nc2ccc(OC)cc2)cc(C(C)(C)C)c1O. The number of carbonyl (C=O) groups excluding carboxylic acids is 1. The monoisotopic (exact) mass is 355 g/mol. The predicted octanol–water partition coefficient (Wildman–Crippen LogP) is 4.83. The average molecular weight is 355 g/mol. The van der Waals surface area contributed by atoms with Crippen molar-refractivity contribution in [1.82, 2.24) is 0 Å². The van der Waals surface area contributed by atoms with Crippen LogP contribution >= 0.6 is 0 Å². The van der Waals surface area contributed by atoms with E-state index in [-0.39, 0.29) is 11.3 Å². The maximum atomic E-state index is 12.3. The van der Waals surface area contributed by atoms with Crippen molar-refractivity contribution in [3.05, 3.63) is 53.1 Å². The molecule has 0 saturated carbocycles. The molecular formula is C22H29NO3. The molecule has 2 aromatic rings. The first kappa shape index (κ1) is 19.8. The molecule has 0 aliphatic heterocycles. The van der Waals surface area contributed by atoms with Crippen LogP contribution in [0.25, 0.3) is 0 Å². The third-order valence-electron chi connectivity index (χ3n) is 4.45. The lowest BCUT2D eigenvalue weighted by Crippen LogP contribution is -2.14. The normalized spacial score (nSPS) is 11.3. The summed E-state index contributed by atoms with van der Waals surface area (Å²) in [6.45, 7) is 8.28. The van der Waals surface area contributed by atoms with Gasteiger partial charge in [-0.25, -0.2) is 0 Å². The van der Waals surface area contributed by atoms with E-state index >= 15 is 0 Å². The Bertz CT molecular complexity index is 758. The van der Waals surface area contributed by atoms with E-state index < -0.39 is 0 Å². The summed E-state index contributed by atoms with van der Waals surface area (Å²) < 4.78 is 5.12. The zero-order valence-corrected chi connectivity index (χ0v) is 16.3. The summed E-state index contributed by atoms with van der Waals surface area (Å²) in [5.41, 5.74) is 3.56. The second-order valence-corrected chi connectivity index (χ2v) is 7.53. The van der Waals surface area contributed by atoms with Crippen LogP contribution in [0.3, 0.4) is 0 Å². The molecule has 2 N–H and O–H groups in total. The van der Waals surface area contributed by atoms with Crippen LogP contribution in [0.4, 0.5) is 5.69 Å². The summed E-state index contributed by atoms with van der Waals surface area (Å²) in [6, 6.07) is 11.3. The van der Waals surface area contributed by atoms with Gasteiger partial charge >= 0.3 is 0 Å². The van der Waals surface area contributed by atoms with Gasteiger partial charge in [-0.2, -0.15) is 0 Å². The van der Waals surface area contributed by atoms with Crippen molar-refractivity contribution in [1.29, 1.82) is 0 Å². The maximum Gasteiger partial charge on any atom is 0.224 e. The van der Waals surface area contributed by atoms with Crippen molar-refractivity contribution >= 4 is 11.6 Å². The molecule has 4 nitrogen and oxygen atoms in total. The van der Waals surface area contributed by atoms with Crippen molar-refractivity contribution in [2.24, 2.45) is 0 Å². The van der Waals surface area contributed by atoms with Gasteiger partial charge in [0.05, 0.1) is 7.11 Å². The first-order chi connectivity index (χ1) is 12.2. The van der Waals surface area contributed by atoms with Crippen LogP contribution in [-0.2, 0) is 23.1 Å². The molecule has 0 heterocycles. The highest BCUT2D eigenvalue weighted by molar-refractivity contribution is 5.90. The van der Waals surface area contributed by atoms with Crippen LogP contribution in [0.1, 0.15) is 50.8 Å². The Labute approximate surface area is 156 Å². The lowest BCUT2D eigenvalue weighted by atomic mass is 9.83. The number of aryl methyl sites for hydroxylation is 2. The quantitative estimate of drug-likeness (QED) is 0.780. The Morgan fingerprint density at radius 2 is 1.81 bits per heavy atom. The number of hydrogen-bond acceptors (Lipinski definition) is 3. The lowest BCUT2D eigenvalue weighted by Gasteiger charge is -2.23. The highest BCUT2D eigenvalue weighted by atomic mass is 16.5. The number of methoxy groups -OCH3 is 1. The first-order valence-electron chi connectivity index (χ1n) is 9.03. The fraction of sp³-hybridized carbons (Fsp3) is 0.409. The highest BCUT2D eigenvalue weighted by Crippen LogP contribution is 2.35. The number of carbonyl (C=O) groups is 1. The number of nitrogens with one attached hydrogen (secondary N) is 1. The number of phenolic OH excluding ortho intramolecular Hbond substituents is 1. The molecule has 26 heavy (non-hydrogen) atoms. The van der Waals surface area contributed by atoms with Gasteiger partial charge in [0.25, 0.3) is 0 Å². The number of anilines is 1. The minimum Gasteiger partial charge on any atom is -0.507 e. The van der Waals surface area contributed by atoms with E-state index in [0.29, 0.717) is 18.6 Å². The molecule has 4 heteroatoms. The minimum atomic E-state index is -0.143. The van der Waals surface area contributed by atoms with Gasteiger partial charge in [-0.05, 0) is 59.2 Å². The largest absolute Gasteiger partial charge is 0.507 e. The van der Waals surface area contributed by atoms with Crippen molar-refractivity contribution in [3.8, 4) is 11.5 Å². The number of amides is 1. The van der Waals surface area contributed by atoms with E-state index in [2.05, 4.69) is 26.1 Å². The predicted molar refractivity (Wildman–Crippen MR) is 106 cm³/mol. The van der Waals surface area contributed by atoms with E-state index in [1.165, 1.54) is 0 Å². The summed E-state index contributed by atoms with van der Waals surface area (Å²) in [6.07, 6.45) is 1.79. The fourth-order valence-electron chi connectivity index (χ4n) is 2.90. The smallest absolute Gasteiger partial charge is 0.224 e. The van der Waals surface area contributed by atoms with Crippen LogP contribution in [0.5, 0.6) is 11.5 Å². The third kappa shape index (κ3) is 5.01. The zero-order valence-electron chi connectivity index (χ0n) is 16.3. The molecule has 0 aromatic heterocycles. The minimum absolute atomic E-state index is 0.0291. The van der Waals surface area contributed by atoms with Crippen molar-refractivity contribution in [3.63, 3.8) is 0 Å². The fourth-order valence-corrected chi connectivity index (χ4v) is 2.90. The number of phenols is 1. The molecule has 2 aromatic carbocycles. The molecule has 0 radical (unpaired) electrons. The molecule has 0 aliphatic rings. The van der Waals surface area contributed by atoms with E-state index in [1.54, 1.807) is 7.11 Å². The second kappa shape index (κ2) is 8.26. The number of rotatable bonds is 6. The number of aromatic hydroxyl groups is 1. The molecule has 2 rings (SSSR count). The van der Waals surface area contributed by atoms with Crippen molar-refractivity contribution in [2.75, 3.05) is 12.4 Å². The molecule has 0 unspecified atom stereocenters. The summed E-state index contributed by atoms with van der Waals surface area (Å²) in [4.78, 5) is 12.3. The summed E-state index contributed by atoms with van der Waals surface area (Å²) >= 11 is 0. The molecule has 0 fully saturated rings. The second-order valence-electron chi connectivity index (χ2n) is 7.53. The van der Waals surface area contributed by atoms with Gasteiger partial charge in [0, 0.05) is 12.1 Å². The molecule has 0 spiro atoms. The van der Waals surface area contributed by atoms with Gasteiger partial charge in [0.2, 0.25) is 5.91 Å². The highest BCUT2D eigenvalue weighted by Gasteiger charge is 2.21. The molecule has 0 atom stereocenters. The summed E-state index contributed by atoms with van der Waals surface area (Å²) in [5, 5.41) is 13.4. The summed E-state index contributed by atoms with van der Waals surface area (Å²) in [7, 11) is 1.61. The number of hydrogen-bond donors (Lipinski definition) is 2. The van der Waals surface area contributed by atoms with Crippen molar-refractivity contribution < 1.29 is 14.6 Å². The topological polar surface area (TPSA) is 58.6 Å². The van der Waals surface area contributed by atoms with Crippen molar-refractivity contribution in [2.45, 2.75) is 52.4 Å². The van der Waals surface area contributed by atoms with Gasteiger partial charge in [0.15, 0.2) is 0 Å². The first-order valence-corrected chi connectivity index (χ1v) is 9.03. The van der Waals surface area contributed by atoms with Gasteiger partial charge in [-0.15, -0.1) is 0 Å². The molecule has 0 aliphatic carbocycles. The van der Waals surface area contributed by atoms with E-state index in [9.17, 15) is 9.90 Å². The standard InChI is InChI=1S/C22H29NO3/c1-6-16-13-15(14-19(21(16)25)22(2,3)4)7-12-20(24)23-17-8-10-18(26-5)11-9-17/h8-11,13-14,25H,6-7,12H2,1-5H3,(H,23,24). The van der Waals surface area contributed by atoms with Crippen LogP contribution in [-0.4, -0.2) is 18.1 Å². The van der Waals surface area contributed by atoms with Crippen LogP contribution in [0.15, 0.2) is 36.4 Å². The van der Waals surface area contributed by atoms with Gasteiger partial charge in [-0.3, -0.25) is 4.79 Å². The Balaban J connectivity index is 2.07. The third-order valence-corrected chi connectivity index (χ3v) is 4.45. The van der Waals surface area contributed by atoms with Gasteiger partial charge < -0.3 is 15.2 Å².